The number of hydrogen-bond donors (Lipinski definition) is 1. The average Bonchev–Trinajstić information content (AvgIpc) is 2.98. The summed E-state index contributed by atoms with van der Waals surface area (Å²) in [6, 6.07) is 4.59. The third-order valence-electron chi connectivity index (χ3n) is 4.28. The molecule has 0 bridgehead atoms. The van der Waals surface area contributed by atoms with Crippen LogP contribution >= 0.6 is 0 Å². The van der Waals surface area contributed by atoms with Crippen molar-refractivity contribution in [2.24, 2.45) is 5.73 Å². The first kappa shape index (κ1) is 14.6. The summed E-state index contributed by atoms with van der Waals surface area (Å²) < 4.78 is 5.32. The van der Waals surface area contributed by atoms with E-state index in [0.29, 0.717) is 11.4 Å². The number of aryl methyl sites for hydroxylation is 1. The quantitative estimate of drug-likeness (QED) is 0.689. The third-order valence-corrected chi connectivity index (χ3v) is 4.28. The Hall–Kier alpha value is -2.28. The molecule has 2 N–H and O–H groups in total. The van der Waals surface area contributed by atoms with Crippen LogP contribution in [-0.4, -0.2) is 15.1 Å². The molecule has 22 heavy (non-hydrogen) atoms. The maximum absolute atomic E-state index is 10.9. The zero-order valence-corrected chi connectivity index (χ0v) is 12.4. The number of rotatable bonds is 3. The molecule has 0 radical (unpaired) electrons. The lowest BCUT2D eigenvalue weighted by atomic mass is 9.82. The van der Waals surface area contributed by atoms with Crippen LogP contribution in [0.25, 0.3) is 11.5 Å². The molecule has 1 saturated carbocycles. The van der Waals surface area contributed by atoms with Crippen molar-refractivity contribution in [2.75, 3.05) is 0 Å². The molecule has 1 fully saturated rings. The highest BCUT2D eigenvalue weighted by atomic mass is 16.6. The number of benzene rings is 1. The van der Waals surface area contributed by atoms with Gasteiger partial charge in [-0.05, 0) is 25.3 Å². The molecule has 0 saturated heterocycles. The van der Waals surface area contributed by atoms with Crippen LogP contribution in [0.5, 0.6) is 0 Å². The van der Waals surface area contributed by atoms with Gasteiger partial charge in [0.2, 0.25) is 0 Å². The molecule has 7 nitrogen and oxygen atoms in total. The molecule has 7 heteroatoms. The smallest absolute Gasteiger partial charge is 0.270 e. The monoisotopic (exact) mass is 302 g/mol. The summed E-state index contributed by atoms with van der Waals surface area (Å²) in [6.07, 6.45) is 4.94. The van der Waals surface area contributed by atoms with Gasteiger partial charge in [0.25, 0.3) is 11.6 Å². The van der Waals surface area contributed by atoms with E-state index in [-0.39, 0.29) is 11.6 Å². The number of nitrogens with two attached hydrogens (primary N) is 1. The third kappa shape index (κ3) is 2.59. The zero-order valence-electron chi connectivity index (χ0n) is 12.4. The molecule has 1 aliphatic carbocycles. The van der Waals surface area contributed by atoms with E-state index in [0.717, 1.165) is 31.2 Å². The number of nitro benzene ring substituents is 1. The van der Waals surface area contributed by atoms with Gasteiger partial charge in [-0.3, -0.25) is 10.1 Å². The second kappa shape index (κ2) is 5.49. The van der Waals surface area contributed by atoms with Crippen LogP contribution in [0.4, 0.5) is 5.69 Å². The molecular formula is C15H18N4O3. The van der Waals surface area contributed by atoms with E-state index in [1.807, 2.05) is 6.92 Å². The lowest BCUT2D eigenvalue weighted by Gasteiger charge is -2.29. The Morgan fingerprint density at radius 1 is 1.32 bits per heavy atom. The minimum absolute atomic E-state index is 0.000443. The molecule has 0 aliphatic heterocycles. The van der Waals surface area contributed by atoms with Crippen molar-refractivity contribution in [1.29, 1.82) is 0 Å². The van der Waals surface area contributed by atoms with Gasteiger partial charge in [0.05, 0.1) is 10.5 Å². The van der Waals surface area contributed by atoms with Crippen LogP contribution in [0, 0.1) is 17.0 Å². The van der Waals surface area contributed by atoms with Gasteiger partial charge in [0, 0.05) is 17.7 Å². The fourth-order valence-electron chi connectivity index (χ4n) is 2.90. The molecule has 2 aromatic rings. The maximum atomic E-state index is 10.9. The Balaban J connectivity index is 1.97. The highest BCUT2D eigenvalue weighted by Gasteiger charge is 2.34. The van der Waals surface area contributed by atoms with Crippen LogP contribution in [0.2, 0.25) is 0 Å². The second-order valence-corrected chi connectivity index (χ2v) is 5.90. The fourth-order valence-corrected chi connectivity index (χ4v) is 2.90. The van der Waals surface area contributed by atoms with Crippen molar-refractivity contribution in [2.45, 2.75) is 44.6 Å². The predicted molar refractivity (Wildman–Crippen MR) is 80.1 cm³/mol. The largest absolute Gasteiger partial charge is 0.334 e. The first-order valence-electron chi connectivity index (χ1n) is 7.38. The van der Waals surface area contributed by atoms with Crippen LogP contribution in [-0.2, 0) is 5.54 Å². The van der Waals surface area contributed by atoms with E-state index in [1.165, 1.54) is 18.6 Å². The Kier molecular flexibility index (Phi) is 3.66. The van der Waals surface area contributed by atoms with Crippen molar-refractivity contribution >= 4 is 5.69 Å². The number of nitro groups is 1. The van der Waals surface area contributed by atoms with Crippen LogP contribution in [0.3, 0.4) is 0 Å². The van der Waals surface area contributed by atoms with E-state index in [2.05, 4.69) is 10.1 Å². The highest BCUT2D eigenvalue weighted by Crippen LogP contribution is 2.34. The van der Waals surface area contributed by atoms with E-state index in [4.69, 9.17) is 10.3 Å². The van der Waals surface area contributed by atoms with Gasteiger partial charge in [0.1, 0.15) is 0 Å². The van der Waals surface area contributed by atoms with E-state index < -0.39 is 10.5 Å². The molecule has 0 amide bonds. The van der Waals surface area contributed by atoms with Gasteiger partial charge in [0.15, 0.2) is 5.82 Å². The number of hydrogen-bond acceptors (Lipinski definition) is 6. The Morgan fingerprint density at radius 3 is 2.73 bits per heavy atom. The first-order valence-corrected chi connectivity index (χ1v) is 7.38. The Morgan fingerprint density at radius 2 is 2.05 bits per heavy atom. The summed E-state index contributed by atoms with van der Waals surface area (Å²) in [5.74, 6) is 0.778. The minimum atomic E-state index is -0.547. The molecule has 3 rings (SSSR count). The van der Waals surface area contributed by atoms with Gasteiger partial charge in [-0.15, -0.1) is 0 Å². The van der Waals surface area contributed by atoms with Gasteiger partial charge in [-0.2, -0.15) is 4.98 Å². The normalized spacial score (nSPS) is 17.4. The lowest BCUT2D eigenvalue weighted by molar-refractivity contribution is -0.384. The molecule has 1 aliphatic rings. The van der Waals surface area contributed by atoms with Crippen LogP contribution in [0.15, 0.2) is 22.7 Å². The molecule has 1 aromatic carbocycles. The number of aromatic nitrogens is 2. The second-order valence-electron chi connectivity index (χ2n) is 5.90. The summed E-state index contributed by atoms with van der Waals surface area (Å²) in [7, 11) is 0. The van der Waals surface area contributed by atoms with Crippen molar-refractivity contribution in [3.8, 4) is 11.5 Å². The minimum Gasteiger partial charge on any atom is -0.334 e. The standard InChI is InChI=1S/C15H18N4O3/c1-10-5-6-11(19(20)21)9-12(10)13-17-14(18-22-13)15(16)7-3-2-4-8-15/h5-6,9H,2-4,7-8,16H2,1H3. The molecule has 1 heterocycles. The zero-order chi connectivity index (χ0) is 15.7. The summed E-state index contributed by atoms with van der Waals surface area (Å²) in [4.78, 5) is 14.9. The molecule has 116 valence electrons. The summed E-state index contributed by atoms with van der Waals surface area (Å²) in [6.45, 7) is 1.85. The fraction of sp³-hybridized carbons (Fsp3) is 0.467. The van der Waals surface area contributed by atoms with Gasteiger partial charge >= 0.3 is 0 Å². The number of nitrogens with zero attached hydrogens (tertiary/aromatic N) is 3. The maximum Gasteiger partial charge on any atom is 0.270 e. The van der Waals surface area contributed by atoms with Gasteiger partial charge < -0.3 is 10.3 Å². The summed E-state index contributed by atoms with van der Waals surface area (Å²) in [5.41, 5.74) is 7.27. The van der Waals surface area contributed by atoms with Crippen LogP contribution in [0.1, 0.15) is 43.5 Å². The first-order chi connectivity index (χ1) is 10.5. The van der Waals surface area contributed by atoms with Crippen molar-refractivity contribution in [3.63, 3.8) is 0 Å². The Labute approximate surface area is 127 Å². The molecule has 0 atom stereocenters. The van der Waals surface area contributed by atoms with Gasteiger partial charge in [-0.25, -0.2) is 0 Å². The van der Waals surface area contributed by atoms with E-state index in [9.17, 15) is 10.1 Å². The lowest BCUT2D eigenvalue weighted by Crippen LogP contribution is -2.39. The van der Waals surface area contributed by atoms with Gasteiger partial charge in [-0.1, -0.05) is 30.5 Å². The molecular weight excluding hydrogens is 284 g/mol. The average molecular weight is 302 g/mol. The van der Waals surface area contributed by atoms with Crippen molar-refractivity contribution < 1.29 is 9.45 Å². The topological polar surface area (TPSA) is 108 Å². The summed E-state index contributed by atoms with van der Waals surface area (Å²) in [5, 5.41) is 14.9. The SMILES string of the molecule is Cc1ccc([N+](=O)[O-])cc1-c1nc(C2(N)CCCCC2)no1. The molecule has 0 spiro atoms. The molecule has 1 aromatic heterocycles. The van der Waals surface area contributed by atoms with Crippen molar-refractivity contribution in [3.05, 3.63) is 39.7 Å². The molecule has 0 unspecified atom stereocenters. The number of non-ortho nitro benzene ring substituents is 1. The van der Waals surface area contributed by atoms with Crippen molar-refractivity contribution in [1.82, 2.24) is 10.1 Å². The predicted octanol–water partition coefficient (Wildman–Crippen LogP) is 3.07. The van der Waals surface area contributed by atoms with E-state index in [1.54, 1.807) is 6.07 Å². The van der Waals surface area contributed by atoms with Crippen LogP contribution < -0.4 is 5.73 Å². The van der Waals surface area contributed by atoms with E-state index >= 15 is 0 Å². The Bertz CT molecular complexity index is 705. The summed E-state index contributed by atoms with van der Waals surface area (Å²) >= 11 is 0. The highest BCUT2D eigenvalue weighted by molar-refractivity contribution is 5.62.